The minimum absolute atomic E-state index is 0.0557. The first-order valence-electron chi connectivity index (χ1n) is 10.1. The van der Waals surface area contributed by atoms with Crippen molar-refractivity contribution in [3.05, 3.63) is 52.6 Å². The summed E-state index contributed by atoms with van der Waals surface area (Å²) in [5.74, 6) is 2.16. The lowest BCUT2D eigenvalue weighted by molar-refractivity contribution is -0.924. The average molecular weight is 400 g/mol. The number of aliphatic hydroxyl groups is 2. The Morgan fingerprint density at radius 2 is 2.03 bits per heavy atom. The van der Waals surface area contributed by atoms with Gasteiger partial charge < -0.3 is 28.9 Å². The topological polar surface area (TPSA) is 68.2 Å². The van der Waals surface area contributed by atoms with Gasteiger partial charge in [-0.15, -0.1) is 0 Å². The van der Waals surface area contributed by atoms with E-state index in [-0.39, 0.29) is 19.4 Å². The molecule has 0 amide bonds. The molecule has 2 aromatic carbocycles. The predicted molar refractivity (Wildman–Crippen MR) is 109 cm³/mol. The smallest absolute Gasteiger partial charge is 0.231 e. The van der Waals surface area contributed by atoms with E-state index in [4.69, 9.17) is 14.2 Å². The molecule has 0 saturated heterocycles. The molecule has 2 aliphatic rings. The highest BCUT2D eigenvalue weighted by molar-refractivity contribution is 5.56. The maximum absolute atomic E-state index is 11.0. The first-order chi connectivity index (χ1) is 13.9. The third kappa shape index (κ3) is 3.68. The standard InChI is InChI=1S/C23H30NO5/c1-24(2)9-8-16-11-21-23(29-14-28-21)18(13-25)22(16)19(24)12-17(26)10-15-6-4-5-7-20(15)27-3/h4-7,11,17,19,25-26H,8-10,12-14H2,1-3H3/q+1. The maximum Gasteiger partial charge on any atom is 0.231 e. The fraction of sp³-hybridized carbons (Fsp3) is 0.478. The molecule has 2 atom stereocenters. The molecule has 156 valence electrons. The molecule has 0 aliphatic carbocycles. The minimum Gasteiger partial charge on any atom is -0.496 e. The zero-order valence-electron chi connectivity index (χ0n) is 17.4. The van der Waals surface area contributed by atoms with Crippen molar-refractivity contribution in [2.75, 3.05) is 34.5 Å². The third-order valence-electron chi connectivity index (χ3n) is 6.33. The van der Waals surface area contributed by atoms with Crippen LogP contribution in [0.3, 0.4) is 0 Å². The molecule has 4 rings (SSSR count). The summed E-state index contributed by atoms with van der Waals surface area (Å²) in [6.07, 6.45) is 1.49. The molecule has 0 saturated carbocycles. The van der Waals surface area contributed by atoms with E-state index in [1.54, 1.807) is 7.11 Å². The number of ether oxygens (including phenoxy) is 3. The van der Waals surface area contributed by atoms with E-state index in [1.807, 2.05) is 24.3 Å². The van der Waals surface area contributed by atoms with E-state index in [0.29, 0.717) is 24.3 Å². The van der Waals surface area contributed by atoms with Crippen LogP contribution in [0.5, 0.6) is 17.2 Å². The molecule has 29 heavy (non-hydrogen) atoms. The lowest BCUT2D eigenvalue weighted by Crippen LogP contribution is -2.49. The van der Waals surface area contributed by atoms with Gasteiger partial charge in [0, 0.05) is 30.4 Å². The Kier molecular flexibility index (Phi) is 5.42. The van der Waals surface area contributed by atoms with Crippen molar-refractivity contribution in [3.63, 3.8) is 0 Å². The zero-order valence-corrected chi connectivity index (χ0v) is 17.4. The van der Waals surface area contributed by atoms with Crippen molar-refractivity contribution in [2.45, 2.75) is 38.0 Å². The summed E-state index contributed by atoms with van der Waals surface area (Å²) in [4.78, 5) is 0. The first-order valence-corrected chi connectivity index (χ1v) is 10.1. The van der Waals surface area contributed by atoms with E-state index in [0.717, 1.165) is 39.9 Å². The van der Waals surface area contributed by atoms with E-state index in [9.17, 15) is 10.2 Å². The highest BCUT2D eigenvalue weighted by Gasteiger charge is 2.41. The summed E-state index contributed by atoms with van der Waals surface area (Å²) in [7, 11) is 6.03. The molecule has 2 N–H and O–H groups in total. The Bertz CT molecular complexity index is 895. The number of nitrogens with zero attached hydrogens (tertiary/aromatic N) is 1. The summed E-state index contributed by atoms with van der Waals surface area (Å²) in [6.45, 7) is 1.04. The number of rotatable bonds is 6. The van der Waals surface area contributed by atoms with Crippen molar-refractivity contribution in [1.82, 2.24) is 0 Å². The molecular formula is C23H30NO5+. The van der Waals surface area contributed by atoms with Crippen LogP contribution >= 0.6 is 0 Å². The molecule has 0 bridgehead atoms. The number of hydrogen-bond donors (Lipinski definition) is 2. The van der Waals surface area contributed by atoms with Gasteiger partial charge in [0.2, 0.25) is 6.79 Å². The Morgan fingerprint density at radius 3 is 2.79 bits per heavy atom. The lowest BCUT2D eigenvalue weighted by atomic mass is 9.83. The van der Waals surface area contributed by atoms with Crippen LogP contribution in [-0.4, -0.2) is 55.3 Å². The molecule has 0 spiro atoms. The van der Waals surface area contributed by atoms with Gasteiger partial charge in [-0.25, -0.2) is 0 Å². The van der Waals surface area contributed by atoms with Crippen molar-refractivity contribution >= 4 is 0 Å². The van der Waals surface area contributed by atoms with Crippen molar-refractivity contribution < 1.29 is 28.9 Å². The number of methoxy groups -OCH3 is 1. The van der Waals surface area contributed by atoms with Crippen molar-refractivity contribution in [1.29, 1.82) is 0 Å². The Hall–Kier alpha value is -2.28. The second-order valence-electron chi connectivity index (χ2n) is 8.49. The van der Waals surface area contributed by atoms with Crippen LogP contribution in [0.1, 0.15) is 34.7 Å². The number of hydrogen-bond acceptors (Lipinski definition) is 5. The highest BCUT2D eigenvalue weighted by atomic mass is 16.7. The van der Waals surface area contributed by atoms with Crippen LogP contribution in [0.4, 0.5) is 0 Å². The lowest BCUT2D eigenvalue weighted by Gasteiger charge is -2.44. The van der Waals surface area contributed by atoms with Crippen LogP contribution in [-0.2, 0) is 19.4 Å². The van der Waals surface area contributed by atoms with E-state index < -0.39 is 6.10 Å². The van der Waals surface area contributed by atoms with Gasteiger partial charge in [0.15, 0.2) is 11.5 Å². The first kappa shape index (κ1) is 20.0. The molecule has 2 unspecified atom stereocenters. The summed E-state index contributed by atoms with van der Waals surface area (Å²) >= 11 is 0. The van der Waals surface area contributed by atoms with E-state index >= 15 is 0 Å². The molecule has 2 aromatic rings. The number of aliphatic hydroxyl groups excluding tert-OH is 2. The monoisotopic (exact) mass is 400 g/mol. The summed E-state index contributed by atoms with van der Waals surface area (Å²) in [6, 6.07) is 9.92. The van der Waals surface area contributed by atoms with E-state index in [2.05, 4.69) is 20.2 Å². The number of benzene rings is 2. The number of para-hydroxylation sites is 1. The van der Waals surface area contributed by atoms with E-state index in [1.165, 1.54) is 5.56 Å². The molecule has 2 aliphatic heterocycles. The fourth-order valence-corrected chi connectivity index (χ4v) is 4.75. The Morgan fingerprint density at radius 1 is 1.24 bits per heavy atom. The van der Waals surface area contributed by atoms with Gasteiger partial charge in [0.25, 0.3) is 0 Å². The number of fused-ring (bicyclic) bond motifs is 2. The number of likely N-dealkylation sites (N-methyl/N-ethyl adjacent to an activating group) is 1. The van der Waals surface area contributed by atoms with Crippen molar-refractivity contribution in [3.8, 4) is 17.2 Å². The summed E-state index contributed by atoms with van der Waals surface area (Å²) in [5.41, 5.74) is 4.09. The van der Waals surface area contributed by atoms with Gasteiger partial charge in [-0.3, -0.25) is 0 Å². The van der Waals surface area contributed by atoms with Gasteiger partial charge in [-0.1, -0.05) is 18.2 Å². The van der Waals surface area contributed by atoms with Crippen LogP contribution in [0.2, 0.25) is 0 Å². The van der Waals surface area contributed by atoms with Crippen LogP contribution < -0.4 is 14.2 Å². The fourth-order valence-electron chi connectivity index (χ4n) is 4.75. The van der Waals surface area contributed by atoms with Gasteiger partial charge >= 0.3 is 0 Å². The number of quaternary nitrogens is 1. The summed E-state index contributed by atoms with van der Waals surface area (Å²) < 4.78 is 17.4. The molecular weight excluding hydrogens is 370 g/mol. The SMILES string of the molecule is COc1ccccc1CC(O)CC1c2c(cc3c(c2CO)OCO3)CC[N+]1(C)C. The average Bonchev–Trinajstić information content (AvgIpc) is 3.17. The third-order valence-corrected chi connectivity index (χ3v) is 6.33. The maximum atomic E-state index is 11.0. The highest BCUT2D eigenvalue weighted by Crippen LogP contribution is 2.47. The van der Waals surface area contributed by atoms with Crippen LogP contribution in [0.25, 0.3) is 0 Å². The van der Waals surface area contributed by atoms with Gasteiger partial charge in [0.05, 0.1) is 40.5 Å². The Balaban J connectivity index is 1.66. The second kappa shape index (κ2) is 7.86. The Labute approximate surface area is 171 Å². The minimum atomic E-state index is -0.531. The largest absolute Gasteiger partial charge is 0.496 e. The van der Waals surface area contributed by atoms with Crippen LogP contribution in [0, 0.1) is 0 Å². The molecule has 0 aromatic heterocycles. The quantitative estimate of drug-likeness (QED) is 0.730. The van der Waals surface area contributed by atoms with Crippen molar-refractivity contribution in [2.24, 2.45) is 0 Å². The van der Waals surface area contributed by atoms with Gasteiger partial charge in [0.1, 0.15) is 11.8 Å². The molecule has 6 heteroatoms. The molecule has 0 radical (unpaired) electrons. The second-order valence-corrected chi connectivity index (χ2v) is 8.49. The predicted octanol–water partition coefficient (Wildman–Crippen LogP) is 2.58. The molecule has 6 nitrogen and oxygen atoms in total. The van der Waals surface area contributed by atoms with Crippen LogP contribution in [0.15, 0.2) is 30.3 Å². The molecule has 0 fully saturated rings. The van der Waals surface area contributed by atoms with Gasteiger partial charge in [-0.2, -0.15) is 0 Å². The van der Waals surface area contributed by atoms with Gasteiger partial charge in [-0.05, 0) is 23.3 Å². The molecule has 2 heterocycles. The zero-order chi connectivity index (χ0) is 20.6. The normalized spacial score (nSPS) is 20.2. The summed E-state index contributed by atoms with van der Waals surface area (Å²) in [5, 5.41) is 21.2.